The second-order valence-electron chi connectivity index (χ2n) is 7.37. The summed E-state index contributed by atoms with van der Waals surface area (Å²) in [4.78, 5) is 26.3. The highest BCUT2D eigenvalue weighted by atomic mass is 19.1. The van der Waals surface area contributed by atoms with Crippen LogP contribution in [0, 0.1) is 19.7 Å². The summed E-state index contributed by atoms with van der Waals surface area (Å²) < 4.78 is 20.5. The zero-order valence-electron chi connectivity index (χ0n) is 17.5. The lowest BCUT2D eigenvalue weighted by molar-refractivity contribution is -0.123. The second kappa shape index (κ2) is 8.10. The minimum Gasteiger partial charge on any atom is -0.497 e. The zero-order chi connectivity index (χ0) is 22.1. The largest absolute Gasteiger partial charge is 0.497 e. The molecule has 1 aliphatic rings. The summed E-state index contributed by atoms with van der Waals surface area (Å²) in [6.45, 7) is 4.01. The van der Waals surface area contributed by atoms with Crippen LogP contribution >= 0.6 is 0 Å². The molecule has 3 amide bonds. The van der Waals surface area contributed by atoms with Gasteiger partial charge in [0.2, 0.25) is 0 Å². The van der Waals surface area contributed by atoms with Crippen LogP contribution in [0.15, 0.2) is 60.3 Å². The Morgan fingerprint density at radius 3 is 2.52 bits per heavy atom. The lowest BCUT2D eigenvalue weighted by Crippen LogP contribution is -2.30. The van der Waals surface area contributed by atoms with Gasteiger partial charge in [0.15, 0.2) is 0 Å². The van der Waals surface area contributed by atoms with Gasteiger partial charge in [-0.05, 0) is 61.4 Å². The van der Waals surface area contributed by atoms with Gasteiger partial charge in [-0.3, -0.25) is 9.69 Å². The lowest BCUT2D eigenvalue weighted by Gasteiger charge is -2.11. The smallest absolute Gasteiger partial charge is 0.329 e. The van der Waals surface area contributed by atoms with E-state index in [0.29, 0.717) is 5.56 Å². The monoisotopic (exact) mass is 419 g/mol. The van der Waals surface area contributed by atoms with Gasteiger partial charge in [-0.25, -0.2) is 9.18 Å². The maximum atomic E-state index is 13.1. The molecule has 1 aromatic heterocycles. The van der Waals surface area contributed by atoms with Gasteiger partial charge in [-0.15, -0.1) is 0 Å². The third kappa shape index (κ3) is 3.94. The van der Waals surface area contributed by atoms with Crippen molar-refractivity contribution in [2.24, 2.45) is 0 Å². The number of hydrogen-bond acceptors (Lipinski definition) is 3. The SMILES string of the molecule is COc1cccc(-n2c(C)cc(/C=C3\NC(=O)N(Cc4ccc(F)cc4)C3=O)c2C)c1. The Bertz CT molecular complexity index is 1200. The first-order valence-electron chi connectivity index (χ1n) is 9.79. The molecule has 158 valence electrons. The summed E-state index contributed by atoms with van der Waals surface area (Å²) in [5, 5.41) is 2.64. The van der Waals surface area contributed by atoms with Gasteiger partial charge in [0, 0.05) is 23.1 Å². The Morgan fingerprint density at radius 2 is 1.81 bits per heavy atom. The number of urea groups is 1. The van der Waals surface area contributed by atoms with Crippen LogP contribution in [0.1, 0.15) is 22.5 Å². The summed E-state index contributed by atoms with van der Waals surface area (Å²) >= 11 is 0. The van der Waals surface area contributed by atoms with Crippen molar-refractivity contribution in [2.75, 3.05) is 7.11 Å². The molecule has 0 unspecified atom stereocenters. The molecule has 7 heteroatoms. The fourth-order valence-corrected chi connectivity index (χ4v) is 3.72. The minimum absolute atomic E-state index is 0.0745. The number of imide groups is 1. The molecule has 1 fully saturated rings. The number of halogens is 1. The Balaban J connectivity index is 1.62. The van der Waals surface area contributed by atoms with Gasteiger partial charge < -0.3 is 14.6 Å². The number of benzene rings is 2. The van der Waals surface area contributed by atoms with E-state index in [-0.39, 0.29) is 18.1 Å². The number of methoxy groups -OCH3 is 1. The van der Waals surface area contributed by atoms with Gasteiger partial charge in [-0.1, -0.05) is 18.2 Å². The number of nitrogens with zero attached hydrogens (tertiary/aromatic N) is 2. The summed E-state index contributed by atoms with van der Waals surface area (Å²) in [7, 11) is 1.62. The van der Waals surface area contributed by atoms with E-state index in [1.54, 1.807) is 25.3 Å². The van der Waals surface area contributed by atoms with Crippen LogP contribution in [0.2, 0.25) is 0 Å². The molecule has 31 heavy (non-hydrogen) atoms. The molecule has 0 radical (unpaired) electrons. The minimum atomic E-state index is -0.498. The molecular weight excluding hydrogens is 397 g/mol. The molecule has 0 spiro atoms. The molecule has 6 nitrogen and oxygen atoms in total. The van der Waals surface area contributed by atoms with Crippen molar-refractivity contribution in [3.05, 3.63) is 88.6 Å². The zero-order valence-corrected chi connectivity index (χ0v) is 17.5. The number of carbonyl (C=O) groups excluding carboxylic acids is 2. The van der Waals surface area contributed by atoms with Crippen LogP contribution in [0.5, 0.6) is 5.75 Å². The normalized spacial score (nSPS) is 15.0. The van der Waals surface area contributed by atoms with E-state index in [2.05, 4.69) is 9.88 Å². The first-order valence-corrected chi connectivity index (χ1v) is 9.79. The molecule has 2 heterocycles. The predicted molar refractivity (Wildman–Crippen MR) is 115 cm³/mol. The third-order valence-corrected chi connectivity index (χ3v) is 5.30. The van der Waals surface area contributed by atoms with Crippen molar-refractivity contribution in [3.63, 3.8) is 0 Å². The maximum Gasteiger partial charge on any atom is 0.329 e. The molecule has 4 rings (SSSR count). The van der Waals surface area contributed by atoms with Gasteiger partial charge in [0.05, 0.1) is 13.7 Å². The van der Waals surface area contributed by atoms with Crippen LogP contribution in [0.4, 0.5) is 9.18 Å². The molecule has 1 aliphatic heterocycles. The first-order chi connectivity index (χ1) is 14.9. The predicted octanol–water partition coefficient (Wildman–Crippen LogP) is 4.33. The highest BCUT2D eigenvalue weighted by molar-refractivity contribution is 6.14. The van der Waals surface area contributed by atoms with Gasteiger partial charge >= 0.3 is 6.03 Å². The topological polar surface area (TPSA) is 63.6 Å². The molecule has 0 saturated carbocycles. The number of rotatable bonds is 5. The van der Waals surface area contributed by atoms with Gasteiger partial charge in [0.25, 0.3) is 5.91 Å². The lowest BCUT2D eigenvalue weighted by atomic mass is 10.2. The standard InChI is InChI=1S/C24H22FN3O3/c1-15-11-18(16(2)28(15)20-5-4-6-21(13-20)31-3)12-22-23(29)27(24(30)26-22)14-17-7-9-19(25)10-8-17/h4-13H,14H2,1-3H3,(H,26,30)/b22-12-. The van der Waals surface area contributed by atoms with E-state index in [4.69, 9.17) is 4.74 Å². The molecule has 2 aromatic carbocycles. The van der Waals surface area contributed by atoms with Crippen LogP contribution < -0.4 is 10.1 Å². The van der Waals surface area contributed by atoms with Gasteiger partial charge in [0.1, 0.15) is 17.3 Å². The molecular formula is C24H22FN3O3. The number of aromatic nitrogens is 1. The maximum absolute atomic E-state index is 13.1. The number of nitrogens with one attached hydrogen (secondary N) is 1. The van der Waals surface area contributed by atoms with Crippen molar-refractivity contribution < 1.29 is 18.7 Å². The number of carbonyl (C=O) groups is 2. The first kappa shape index (κ1) is 20.4. The summed E-state index contributed by atoms with van der Waals surface area (Å²) in [5.74, 6) is -0.0343. The highest BCUT2D eigenvalue weighted by Crippen LogP contribution is 2.26. The van der Waals surface area contributed by atoms with Crippen molar-refractivity contribution in [2.45, 2.75) is 20.4 Å². The van der Waals surface area contributed by atoms with Crippen LogP contribution in [-0.2, 0) is 11.3 Å². The fourth-order valence-electron chi connectivity index (χ4n) is 3.72. The molecule has 1 N–H and O–H groups in total. The molecule has 0 aliphatic carbocycles. The van der Waals surface area contributed by atoms with E-state index in [9.17, 15) is 14.0 Å². The van der Waals surface area contributed by atoms with Crippen molar-refractivity contribution >= 4 is 18.0 Å². The summed E-state index contributed by atoms with van der Waals surface area (Å²) in [6.07, 6.45) is 1.68. The Hall–Kier alpha value is -3.87. The fraction of sp³-hybridized carbons (Fsp3) is 0.167. The Morgan fingerprint density at radius 1 is 1.06 bits per heavy atom. The van der Waals surface area contributed by atoms with Crippen LogP contribution in [-0.4, -0.2) is 28.5 Å². The number of ether oxygens (including phenoxy) is 1. The average molecular weight is 419 g/mol. The number of amides is 3. The molecule has 1 saturated heterocycles. The Labute approximate surface area is 179 Å². The quantitative estimate of drug-likeness (QED) is 0.494. The number of aryl methyl sites for hydroxylation is 1. The van der Waals surface area contributed by atoms with Crippen molar-refractivity contribution in [3.8, 4) is 11.4 Å². The molecule has 0 bridgehead atoms. The second-order valence-corrected chi connectivity index (χ2v) is 7.37. The van der Waals surface area contributed by atoms with Crippen molar-refractivity contribution in [1.29, 1.82) is 0 Å². The van der Waals surface area contributed by atoms with E-state index >= 15 is 0 Å². The number of hydrogen-bond donors (Lipinski definition) is 1. The van der Waals surface area contributed by atoms with Gasteiger partial charge in [-0.2, -0.15) is 0 Å². The van der Waals surface area contributed by atoms with E-state index in [0.717, 1.165) is 33.3 Å². The Kier molecular flexibility index (Phi) is 5.33. The average Bonchev–Trinajstić information content (AvgIpc) is 3.19. The molecule has 0 atom stereocenters. The van der Waals surface area contributed by atoms with Crippen LogP contribution in [0.25, 0.3) is 11.8 Å². The van der Waals surface area contributed by atoms with Crippen molar-refractivity contribution in [1.82, 2.24) is 14.8 Å². The van der Waals surface area contributed by atoms with E-state index in [1.807, 2.05) is 44.2 Å². The molecule has 3 aromatic rings. The van der Waals surface area contributed by atoms with Crippen LogP contribution in [0.3, 0.4) is 0 Å². The van der Waals surface area contributed by atoms with E-state index < -0.39 is 11.9 Å². The summed E-state index contributed by atoms with van der Waals surface area (Å²) in [6, 6.07) is 14.9. The highest BCUT2D eigenvalue weighted by Gasteiger charge is 2.33. The summed E-state index contributed by atoms with van der Waals surface area (Å²) in [5.41, 5.74) is 4.56. The third-order valence-electron chi connectivity index (χ3n) is 5.30. The van der Waals surface area contributed by atoms with E-state index in [1.165, 1.54) is 12.1 Å².